The molecule has 106 valence electrons. The van der Waals surface area contributed by atoms with E-state index in [4.69, 9.17) is 16.7 Å². The van der Waals surface area contributed by atoms with E-state index < -0.39 is 15.8 Å². The second kappa shape index (κ2) is 5.76. The summed E-state index contributed by atoms with van der Waals surface area (Å²) in [7, 11) is -3.56. The molecule has 0 fully saturated rings. The van der Waals surface area contributed by atoms with Crippen LogP contribution in [-0.4, -0.2) is 30.2 Å². The lowest BCUT2D eigenvalue weighted by Gasteiger charge is -2.04. The zero-order valence-electron chi connectivity index (χ0n) is 10.4. The van der Waals surface area contributed by atoms with Gasteiger partial charge in [-0.2, -0.15) is 0 Å². The van der Waals surface area contributed by atoms with E-state index in [2.05, 4.69) is 4.98 Å². The van der Waals surface area contributed by atoms with E-state index in [9.17, 15) is 13.2 Å². The minimum absolute atomic E-state index is 0.0438. The molecule has 0 aliphatic carbocycles. The van der Waals surface area contributed by atoms with E-state index in [0.29, 0.717) is 10.5 Å². The molecule has 0 atom stereocenters. The fourth-order valence-electron chi connectivity index (χ4n) is 1.77. The molecule has 0 spiro atoms. The number of aliphatic carboxylic acids is 1. The van der Waals surface area contributed by atoms with Crippen molar-refractivity contribution in [1.82, 2.24) is 4.98 Å². The van der Waals surface area contributed by atoms with Crippen LogP contribution in [0.5, 0.6) is 0 Å². The van der Waals surface area contributed by atoms with Crippen molar-refractivity contribution in [3.8, 4) is 0 Å². The number of halogens is 1. The number of carboxylic acid groups (broad SMARTS) is 1. The number of aromatic nitrogens is 1. The maximum Gasteiger partial charge on any atom is 0.303 e. The summed E-state index contributed by atoms with van der Waals surface area (Å²) in [4.78, 5) is 14.5. The fourth-order valence-corrected chi connectivity index (χ4v) is 3.20. The number of carboxylic acids is 1. The van der Waals surface area contributed by atoms with Crippen molar-refractivity contribution < 1.29 is 18.3 Å². The van der Waals surface area contributed by atoms with Crippen molar-refractivity contribution in [3.05, 3.63) is 35.4 Å². The Labute approximate surface area is 121 Å². The summed E-state index contributed by atoms with van der Waals surface area (Å²) < 4.78 is 24.1. The van der Waals surface area contributed by atoms with E-state index in [1.54, 1.807) is 24.3 Å². The summed E-state index contributed by atoms with van der Waals surface area (Å²) in [5.74, 6) is -1.24. The Morgan fingerprint density at radius 2 is 2.00 bits per heavy atom. The fraction of sp³-hybridized carbons (Fsp3) is 0.231. The highest BCUT2D eigenvalue weighted by Crippen LogP contribution is 2.20. The highest BCUT2D eigenvalue weighted by Gasteiger charge is 2.17. The normalized spacial score (nSPS) is 11.7. The Morgan fingerprint density at radius 1 is 1.25 bits per heavy atom. The van der Waals surface area contributed by atoms with Gasteiger partial charge in [0.05, 0.1) is 11.3 Å². The topological polar surface area (TPSA) is 84.3 Å². The molecule has 0 bridgehead atoms. The molecular formula is C13H12ClNO4S. The summed E-state index contributed by atoms with van der Waals surface area (Å²) >= 11 is 5.84. The van der Waals surface area contributed by atoms with E-state index in [0.717, 1.165) is 5.39 Å². The van der Waals surface area contributed by atoms with Gasteiger partial charge in [0, 0.05) is 16.8 Å². The molecular weight excluding hydrogens is 302 g/mol. The molecule has 1 aromatic heterocycles. The molecule has 0 aliphatic heterocycles. The van der Waals surface area contributed by atoms with E-state index in [1.807, 2.05) is 0 Å². The van der Waals surface area contributed by atoms with Gasteiger partial charge in [0.2, 0.25) is 0 Å². The average Bonchev–Trinajstić information content (AvgIpc) is 2.37. The zero-order chi connectivity index (χ0) is 14.8. The second-order valence-corrected chi connectivity index (χ2v) is 6.80. The van der Waals surface area contributed by atoms with Crippen LogP contribution in [0.1, 0.15) is 12.8 Å². The summed E-state index contributed by atoms with van der Waals surface area (Å²) in [5.41, 5.74) is 0.536. The van der Waals surface area contributed by atoms with Gasteiger partial charge in [0.25, 0.3) is 0 Å². The molecule has 1 aromatic carbocycles. The van der Waals surface area contributed by atoms with Crippen LogP contribution in [0.2, 0.25) is 5.02 Å². The van der Waals surface area contributed by atoms with Crippen LogP contribution in [0.25, 0.3) is 10.9 Å². The number of rotatable bonds is 5. The third kappa shape index (κ3) is 3.46. The molecule has 0 saturated heterocycles. The van der Waals surface area contributed by atoms with Crippen molar-refractivity contribution in [2.75, 3.05) is 5.75 Å². The van der Waals surface area contributed by atoms with Crippen molar-refractivity contribution in [3.63, 3.8) is 0 Å². The molecule has 5 nitrogen and oxygen atoms in total. The number of hydrogen-bond acceptors (Lipinski definition) is 4. The maximum absolute atomic E-state index is 12.0. The van der Waals surface area contributed by atoms with Gasteiger partial charge in [-0.1, -0.05) is 11.6 Å². The number of benzene rings is 1. The van der Waals surface area contributed by atoms with Crippen LogP contribution < -0.4 is 0 Å². The predicted octanol–water partition coefficient (Wildman–Crippen LogP) is 2.53. The molecule has 0 radical (unpaired) electrons. The number of carbonyl (C=O) groups is 1. The Bertz CT molecular complexity index is 758. The molecule has 1 heterocycles. The predicted molar refractivity (Wildman–Crippen MR) is 75.7 cm³/mol. The summed E-state index contributed by atoms with van der Waals surface area (Å²) in [5, 5.41) is 9.79. The Kier molecular flexibility index (Phi) is 4.25. The highest BCUT2D eigenvalue weighted by atomic mass is 35.5. The van der Waals surface area contributed by atoms with Crippen LogP contribution >= 0.6 is 11.6 Å². The van der Waals surface area contributed by atoms with Crippen LogP contribution in [-0.2, 0) is 14.6 Å². The van der Waals surface area contributed by atoms with Gasteiger partial charge < -0.3 is 5.11 Å². The molecule has 2 rings (SSSR count). The van der Waals surface area contributed by atoms with Crippen LogP contribution in [0.15, 0.2) is 35.4 Å². The maximum atomic E-state index is 12.0. The van der Waals surface area contributed by atoms with Crippen LogP contribution in [0, 0.1) is 0 Å². The van der Waals surface area contributed by atoms with Gasteiger partial charge in [-0.3, -0.25) is 4.79 Å². The summed E-state index contributed by atoms with van der Waals surface area (Å²) in [6.45, 7) is 0. The SMILES string of the molecule is O=C(O)CCCS(=O)(=O)c1ccc2cc(Cl)ccc2n1. The number of hydrogen-bond donors (Lipinski definition) is 1. The lowest BCUT2D eigenvalue weighted by Crippen LogP contribution is -2.10. The number of sulfone groups is 1. The third-order valence-electron chi connectivity index (χ3n) is 2.75. The first-order valence-electron chi connectivity index (χ1n) is 5.89. The van der Waals surface area contributed by atoms with Gasteiger partial charge in [-0.25, -0.2) is 13.4 Å². The molecule has 20 heavy (non-hydrogen) atoms. The van der Waals surface area contributed by atoms with E-state index in [-0.39, 0.29) is 23.6 Å². The molecule has 0 amide bonds. The van der Waals surface area contributed by atoms with Crippen molar-refractivity contribution >= 4 is 38.3 Å². The minimum atomic E-state index is -3.56. The lowest BCUT2D eigenvalue weighted by atomic mass is 10.2. The first-order chi connectivity index (χ1) is 9.38. The zero-order valence-corrected chi connectivity index (χ0v) is 12.0. The second-order valence-electron chi connectivity index (χ2n) is 4.30. The first kappa shape index (κ1) is 14.7. The van der Waals surface area contributed by atoms with Crippen molar-refractivity contribution in [1.29, 1.82) is 0 Å². The Hall–Kier alpha value is -1.66. The molecule has 2 aromatic rings. The van der Waals surface area contributed by atoms with Gasteiger partial charge >= 0.3 is 5.97 Å². The molecule has 0 aliphatic rings. The average molecular weight is 314 g/mol. The largest absolute Gasteiger partial charge is 0.481 e. The first-order valence-corrected chi connectivity index (χ1v) is 7.92. The monoisotopic (exact) mass is 313 g/mol. The quantitative estimate of drug-likeness (QED) is 0.917. The molecule has 7 heteroatoms. The number of pyridine rings is 1. The van der Waals surface area contributed by atoms with Gasteiger partial charge in [-0.05, 0) is 36.8 Å². The van der Waals surface area contributed by atoms with Gasteiger partial charge in [-0.15, -0.1) is 0 Å². The Balaban J connectivity index is 2.27. The Morgan fingerprint density at radius 3 is 2.70 bits per heavy atom. The van der Waals surface area contributed by atoms with Crippen molar-refractivity contribution in [2.24, 2.45) is 0 Å². The molecule has 0 saturated carbocycles. The minimum Gasteiger partial charge on any atom is -0.481 e. The standard InChI is InChI=1S/C13H12ClNO4S/c14-10-4-5-11-9(8-10)3-6-12(15-11)20(18,19)7-1-2-13(16)17/h3-6,8H,1-2,7H2,(H,16,17). The van der Waals surface area contributed by atoms with Crippen molar-refractivity contribution in [2.45, 2.75) is 17.9 Å². The number of fused-ring (bicyclic) bond motifs is 1. The van der Waals surface area contributed by atoms with E-state index >= 15 is 0 Å². The van der Waals surface area contributed by atoms with Crippen LogP contribution in [0.3, 0.4) is 0 Å². The lowest BCUT2D eigenvalue weighted by molar-refractivity contribution is -0.137. The molecule has 0 unspecified atom stereocenters. The van der Waals surface area contributed by atoms with Crippen LogP contribution in [0.4, 0.5) is 0 Å². The smallest absolute Gasteiger partial charge is 0.303 e. The highest BCUT2D eigenvalue weighted by molar-refractivity contribution is 7.91. The summed E-state index contributed by atoms with van der Waals surface area (Å²) in [6.07, 6.45) is -0.111. The molecule has 1 N–H and O–H groups in total. The van der Waals surface area contributed by atoms with Gasteiger partial charge in [0.15, 0.2) is 14.9 Å². The van der Waals surface area contributed by atoms with E-state index in [1.165, 1.54) is 6.07 Å². The number of nitrogens with zero attached hydrogens (tertiary/aromatic N) is 1. The summed E-state index contributed by atoms with van der Waals surface area (Å²) in [6, 6.07) is 8.03. The third-order valence-corrected chi connectivity index (χ3v) is 4.67. The van der Waals surface area contributed by atoms with Gasteiger partial charge in [0.1, 0.15) is 0 Å².